The predicted octanol–water partition coefficient (Wildman–Crippen LogP) is 0.785. The molecule has 0 rings (SSSR count). The molecule has 4 nitrogen and oxygen atoms in total. The highest BCUT2D eigenvalue weighted by Gasteiger charge is 2.08. The Labute approximate surface area is 72.0 Å². The van der Waals surface area contributed by atoms with Gasteiger partial charge < -0.3 is 9.84 Å². The van der Waals surface area contributed by atoms with Crippen LogP contribution in [0, 0.1) is 28.6 Å². The average Bonchev–Trinajstić information content (AvgIpc) is 2.07. The van der Waals surface area contributed by atoms with E-state index in [9.17, 15) is 0 Å². The van der Waals surface area contributed by atoms with E-state index in [0.29, 0.717) is 6.42 Å². The summed E-state index contributed by atoms with van der Waals surface area (Å²) >= 11 is 0. The van der Waals surface area contributed by atoms with E-state index in [4.69, 9.17) is 20.4 Å². The fraction of sp³-hybridized carbons (Fsp3) is 0.750. The van der Waals surface area contributed by atoms with Crippen molar-refractivity contribution in [3.8, 4) is 12.1 Å². The molecule has 4 heteroatoms. The molecule has 0 aliphatic carbocycles. The minimum Gasteiger partial charge on any atom is -0.368 e. The molecule has 0 aliphatic heterocycles. The van der Waals surface area contributed by atoms with Crippen molar-refractivity contribution in [2.24, 2.45) is 5.92 Å². The molecular weight excluding hydrogens is 156 g/mol. The van der Waals surface area contributed by atoms with E-state index in [1.54, 1.807) is 12.1 Å². The van der Waals surface area contributed by atoms with Gasteiger partial charge in [0.15, 0.2) is 12.2 Å². The van der Waals surface area contributed by atoms with Crippen molar-refractivity contribution in [2.75, 3.05) is 6.61 Å². The van der Waals surface area contributed by atoms with E-state index in [0.717, 1.165) is 6.42 Å². The summed E-state index contributed by atoms with van der Waals surface area (Å²) in [4.78, 5) is 0. The molecule has 0 amide bonds. The van der Waals surface area contributed by atoms with Crippen LogP contribution in [0.3, 0.4) is 0 Å². The highest BCUT2D eigenvalue weighted by molar-refractivity contribution is 4.98. The van der Waals surface area contributed by atoms with Gasteiger partial charge in [0.2, 0.25) is 0 Å². The van der Waals surface area contributed by atoms with Crippen LogP contribution in [0.5, 0.6) is 0 Å². The molecule has 0 heterocycles. The van der Waals surface area contributed by atoms with Gasteiger partial charge >= 0.3 is 0 Å². The normalized spacial score (nSPS) is 12.1. The van der Waals surface area contributed by atoms with Crippen LogP contribution in [-0.2, 0) is 4.74 Å². The topological polar surface area (TPSA) is 77.0 Å². The zero-order valence-electron chi connectivity index (χ0n) is 7.03. The molecule has 0 aromatic rings. The van der Waals surface area contributed by atoms with E-state index in [-0.39, 0.29) is 6.61 Å². The van der Waals surface area contributed by atoms with Gasteiger partial charge in [-0.1, -0.05) is 13.3 Å². The molecule has 66 valence electrons. The second kappa shape index (κ2) is 6.60. The zero-order valence-corrected chi connectivity index (χ0v) is 7.03. The van der Waals surface area contributed by atoms with Crippen molar-refractivity contribution < 1.29 is 9.84 Å². The fourth-order valence-electron chi connectivity index (χ4n) is 0.641. The Morgan fingerprint density at radius 1 is 1.42 bits per heavy atom. The summed E-state index contributed by atoms with van der Waals surface area (Å²) in [6, 6.07) is 3.50. The quantitative estimate of drug-likeness (QED) is 0.615. The van der Waals surface area contributed by atoms with Crippen LogP contribution < -0.4 is 0 Å². The van der Waals surface area contributed by atoms with Gasteiger partial charge in [-0.2, -0.15) is 10.5 Å². The fourth-order valence-corrected chi connectivity index (χ4v) is 0.641. The van der Waals surface area contributed by atoms with Crippen molar-refractivity contribution in [3.05, 3.63) is 0 Å². The van der Waals surface area contributed by atoms with E-state index in [2.05, 4.69) is 0 Å². The first-order valence-electron chi connectivity index (χ1n) is 3.83. The average molecular weight is 168 g/mol. The highest BCUT2D eigenvalue weighted by Crippen LogP contribution is 2.01. The summed E-state index contributed by atoms with van der Waals surface area (Å²) in [5.74, 6) is -0.781. The van der Waals surface area contributed by atoms with Crippen LogP contribution in [-0.4, -0.2) is 18.0 Å². The van der Waals surface area contributed by atoms with Crippen LogP contribution in [0.25, 0.3) is 0 Å². The number of nitrogens with zero attached hydrogens (tertiary/aromatic N) is 2. The SMILES string of the molecule is CCCC(O)OCC(C#N)C#N. The van der Waals surface area contributed by atoms with Crippen molar-refractivity contribution >= 4 is 0 Å². The van der Waals surface area contributed by atoms with Gasteiger partial charge in [-0.05, 0) is 6.42 Å². The summed E-state index contributed by atoms with van der Waals surface area (Å²) in [5, 5.41) is 25.7. The highest BCUT2D eigenvalue weighted by atomic mass is 16.6. The van der Waals surface area contributed by atoms with Gasteiger partial charge in [0.25, 0.3) is 0 Å². The van der Waals surface area contributed by atoms with Crippen LogP contribution in [0.1, 0.15) is 19.8 Å². The van der Waals surface area contributed by atoms with Crippen LogP contribution in [0.15, 0.2) is 0 Å². The van der Waals surface area contributed by atoms with Gasteiger partial charge in [0.1, 0.15) is 0 Å². The molecule has 0 aliphatic rings. The van der Waals surface area contributed by atoms with Crippen molar-refractivity contribution in [2.45, 2.75) is 26.1 Å². The third kappa shape index (κ3) is 4.68. The molecular formula is C8H12N2O2. The van der Waals surface area contributed by atoms with Gasteiger partial charge in [-0.25, -0.2) is 0 Å². The molecule has 0 saturated carbocycles. The van der Waals surface area contributed by atoms with E-state index in [1.165, 1.54) is 0 Å². The largest absolute Gasteiger partial charge is 0.368 e. The Kier molecular flexibility index (Phi) is 6.00. The number of rotatable bonds is 5. The minimum atomic E-state index is -0.848. The summed E-state index contributed by atoms with van der Waals surface area (Å²) in [6.45, 7) is 1.90. The number of ether oxygens (including phenoxy) is 1. The van der Waals surface area contributed by atoms with Crippen molar-refractivity contribution in [1.29, 1.82) is 10.5 Å². The lowest BCUT2D eigenvalue weighted by molar-refractivity contribution is -0.106. The number of hydrogen-bond donors (Lipinski definition) is 1. The second-order valence-corrected chi connectivity index (χ2v) is 2.39. The lowest BCUT2D eigenvalue weighted by Crippen LogP contribution is -2.16. The van der Waals surface area contributed by atoms with E-state index in [1.807, 2.05) is 6.92 Å². The zero-order chi connectivity index (χ0) is 9.40. The molecule has 0 fully saturated rings. The van der Waals surface area contributed by atoms with Gasteiger partial charge in [0, 0.05) is 0 Å². The Morgan fingerprint density at radius 2 is 2.00 bits per heavy atom. The molecule has 1 atom stereocenters. The second-order valence-electron chi connectivity index (χ2n) is 2.39. The molecule has 0 spiro atoms. The lowest BCUT2D eigenvalue weighted by Gasteiger charge is -2.09. The number of aliphatic hydroxyl groups is 1. The predicted molar refractivity (Wildman–Crippen MR) is 41.6 cm³/mol. The number of aliphatic hydroxyl groups excluding tert-OH is 1. The van der Waals surface area contributed by atoms with E-state index >= 15 is 0 Å². The third-order valence-corrected chi connectivity index (χ3v) is 1.30. The first-order valence-corrected chi connectivity index (χ1v) is 3.83. The Morgan fingerprint density at radius 3 is 2.42 bits per heavy atom. The third-order valence-electron chi connectivity index (χ3n) is 1.30. The molecule has 1 N–H and O–H groups in total. The standard InChI is InChI=1S/C8H12N2O2/c1-2-3-8(11)12-6-7(4-9)5-10/h7-8,11H,2-3,6H2,1H3. The molecule has 0 saturated heterocycles. The minimum absolute atomic E-state index is 0.0197. The Hall–Kier alpha value is -1.10. The van der Waals surface area contributed by atoms with Crippen LogP contribution in [0.4, 0.5) is 0 Å². The summed E-state index contributed by atoms with van der Waals surface area (Å²) < 4.78 is 4.84. The molecule has 0 aromatic carbocycles. The van der Waals surface area contributed by atoms with Crippen molar-refractivity contribution in [1.82, 2.24) is 0 Å². The lowest BCUT2D eigenvalue weighted by atomic mass is 10.2. The number of hydrogen-bond acceptors (Lipinski definition) is 4. The maximum Gasteiger partial charge on any atom is 0.156 e. The monoisotopic (exact) mass is 168 g/mol. The Bertz CT molecular complexity index is 178. The van der Waals surface area contributed by atoms with Gasteiger partial charge in [0.05, 0.1) is 18.7 Å². The maximum absolute atomic E-state index is 9.05. The summed E-state index contributed by atoms with van der Waals surface area (Å²) in [5.41, 5.74) is 0. The first-order chi connectivity index (χ1) is 5.74. The molecule has 0 aromatic heterocycles. The number of nitriles is 2. The summed E-state index contributed by atoms with van der Waals surface area (Å²) in [6.07, 6.45) is 0.494. The van der Waals surface area contributed by atoms with Crippen LogP contribution >= 0.6 is 0 Å². The Balaban J connectivity index is 3.55. The van der Waals surface area contributed by atoms with Crippen LogP contribution in [0.2, 0.25) is 0 Å². The van der Waals surface area contributed by atoms with E-state index < -0.39 is 12.2 Å². The summed E-state index contributed by atoms with van der Waals surface area (Å²) in [7, 11) is 0. The van der Waals surface area contributed by atoms with Gasteiger partial charge in [-0.3, -0.25) is 0 Å². The smallest absolute Gasteiger partial charge is 0.156 e. The van der Waals surface area contributed by atoms with Crippen molar-refractivity contribution in [3.63, 3.8) is 0 Å². The molecule has 12 heavy (non-hydrogen) atoms. The van der Waals surface area contributed by atoms with Gasteiger partial charge in [-0.15, -0.1) is 0 Å². The first kappa shape index (κ1) is 10.9. The molecule has 0 bridgehead atoms. The molecule has 0 radical (unpaired) electrons. The maximum atomic E-state index is 9.05. The molecule has 1 unspecified atom stereocenters.